The first-order chi connectivity index (χ1) is 21.0. The summed E-state index contributed by atoms with van der Waals surface area (Å²) in [5.41, 5.74) is 0.359. The number of carbonyl (C=O) groups excluding carboxylic acids is 1. The Morgan fingerprint density at radius 3 is 2.50 bits per heavy atom. The Hall–Kier alpha value is -4.00. The van der Waals surface area contributed by atoms with Gasteiger partial charge in [0.25, 0.3) is 5.56 Å². The Balaban J connectivity index is 1.56. The van der Waals surface area contributed by atoms with Crippen molar-refractivity contribution in [3.05, 3.63) is 58.2 Å². The summed E-state index contributed by atoms with van der Waals surface area (Å²) in [5.74, 6) is -1.50. The number of hydrogen-bond acceptors (Lipinski definition) is 8. The fourth-order valence-electron chi connectivity index (χ4n) is 6.91. The van der Waals surface area contributed by atoms with Gasteiger partial charge in [0, 0.05) is 31.2 Å². The van der Waals surface area contributed by atoms with Crippen LogP contribution >= 0.6 is 0 Å². The fraction of sp³-hybridized carbons (Fsp3) is 0.516. The molecule has 0 unspecified atom stereocenters. The van der Waals surface area contributed by atoms with Crippen LogP contribution in [0.15, 0.2) is 35.6 Å². The fourth-order valence-corrected chi connectivity index (χ4v) is 6.91. The van der Waals surface area contributed by atoms with E-state index in [1.807, 2.05) is 31.9 Å². The summed E-state index contributed by atoms with van der Waals surface area (Å²) < 4.78 is 51.0. The Labute approximate surface area is 253 Å². The SMILES string of the molecule is C=CC(=O)N1C[C@H](C)N(c2nc(OC[C@@H]3CCCN3C)nc3c(=O)n(-c4cccc5c4CCC5)c(C(F)(F)F)nc23)[C@@H](C)C1. The van der Waals surface area contributed by atoms with Crippen molar-refractivity contribution in [2.75, 3.05) is 38.2 Å². The summed E-state index contributed by atoms with van der Waals surface area (Å²) in [6.07, 6.45) is 0.325. The highest BCUT2D eigenvalue weighted by atomic mass is 19.4. The number of alkyl halides is 3. The molecule has 0 N–H and O–H groups in total. The number of carbonyl (C=O) groups is 1. The minimum atomic E-state index is -4.94. The lowest BCUT2D eigenvalue weighted by atomic mass is 10.1. The summed E-state index contributed by atoms with van der Waals surface area (Å²) >= 11 is 0. The molecular weight excluding hydrogens is 575 g/mol. The van der Waals surface area contributed by atoms with Gasteiger partial charge in [-0.1, -0.05) is 18.7 Å². The molecular formula is C31H36F3N7O3. The normalized spacial score (nSPS) is 22.5. The third-order valence-electron chi connectivity index (χ3n) is 9.02. The van der Waals surface area contributed by atoms with Gasteiger partial charge in [-0.15, -0.1) is 0 Å². The van der Waals surface area contributed by atoms with E-state index in [9.17, 15) is 22.8 Å². The van der Waals surface area contributed by atoms with Crippen LogP contribution in [0.25, 0.3) is 16.7 Å². The number of benzene rings is 1. The van der Waals surface area contributed by atoms with E-state index in [0.29, 0.717) is 16.6 Å². The molecule has 0 saturated carbocycles. The zero-order valence-corrected chi connectivity index (χ0v) is 25.1. The highest BCUT2D eigenvalue weighted by molar-refractivity contribution is 5.88. The van der Waals surface area contributed by atoms with Gasteiger partial charge >= 0.3 is 12.2 Å². The number of likely N-dealkylation sites (N-methyl/N-ethyl adjacent to an activating group) is 1. The van der Waals surface area contributed by atoms with E-state index in [-0.39, 0.29) is 72.3 Å². The average Bonchev–Trinajstić information content (AvgIpc) is 3.63. The summed E-state index contributed by atoms with van der Waals surface area (Å²) in [6, 6.07) is 4.37. The number of likely N-dealkylation sites (tertiary alicyclic amines) is 1. The molecule has 1 aliphatic carbocycles. The standard InChI is InChI=1S/C31H36F3N7O3/c1-5-24(42)39-15-18(2)40(19(3)16-39)27-25-26(36-30(37-27)44-17-21-11-8-14-38(21)4)28(43)41(29(35-25)31(32,33)34)23-13-7-10-20-9-6-12-22(20)23/h5,7,10,13,18-19,21H,1,6,8-9,11-12,14-17H2,2-4H3/t18-,19-,21-/m0/s1. The Morgan fingerprint density at radius 1 is 1.09 bits per heavy atom. The van der Waals surface area contributed by atoms with Gasteiger partial charge in [0.2, 0.25) is 11.7 Å². The summed E-state index contributed by atoms with van der Waals surface area (Å²) in [7, 11) is 2.00. The van der Waals surface area contributed by atoms with Gasteiger partial charge in [-0.2, -0.15) is 23.1 Å². The average molecular weight is 612 g/mol. The molecule has 13 heteroatoms. The van der Waals surface area contributed by atoms with Gasteiger partial charge in [0.15, 0.2) is 11.3 Å². The van der Waals surface area contributed by atoms with Crippen LogP contribution in [-0.2, 0) is 23.8 Å². The molecule has 0 spiro atoms. The van der Waals surface area contributed by atoms with Crippen molar-refractivity contribution < 1.29 is 22.7 Å². The summed E-state index contributed by atoms with van der Waals surface area (Å²) in [5, 5.41) is 0. The molecule has 44 heavy (non-hydrogen) atoms. The first kappa shape index (κ1) is 30.0. The number of fused-ring (bicyclic) bond motifs is 2. The van der Waals surface area contributed by atoms with E-state index < -0.39 is 17.6 Å². The molecule has 10 nitrogen and oxygen atoms in total. The smallest absolute Gasteiger partial charge is 0.450 e. The zero-order valence-electron chi connectivity index (χ0n) is 25.1. The number of halogens is 3. The van der Waals surface area contributed by atoms with Crippen LogP contribution in [0.5, 0.6) is 6.01 Å². The third-order valence-corrected chi connectivity index (χ3v) is 9.02. The number of aromatic nitrogens is 4. The number of nitrogens with zero attached hydrogens (tertiary/aromatic N) is 7. The molecule has 3 atom stereocenters. The lowest BCUT2D eigenvalue weighted by Crippen LogP contribution is -2.58. The molecule has 2 fully saturated rings. The molecule has 3 aliphatic rings. The van der Waals surface area contributed by atoms with Crippen LogP contribution in [0.1, 0.15) is 50.1 Å². The highest BCUT2D eigenvalue weighted by Crippen LogP contribution is 2.36. The van der Waals surface area contributed by atoms with Gasteiger partial charge in [0.05, 0.1) is 5.69 Å². The maximum Gasteiger partial charge on any atom is 0.450 e. The van der Waals surface area contributed by atoms with Crippen molar-refractivity contribution in [2.24, 2.45) is 0 Å². The molecule has 1 aromatic carbocycles. The number of anilines is 1. The predicted octanol–water partition coefficient (Wildman–Crippen LogP) is 3.77. The second kappa shape index (κ2) is 11.5. The first-order valence-corrected chi connectivity index (χ1v) is 15.0. The number of rotatable bonds is 6. The van der Waals surface area contributed by atoms with Crippen LogP contribution < -0.4 is 15.2 Å². The predicted molar refractivity (Wildman–Crippen MR) is 159 cm³/mol. The molecule has 2 aromatic heterocycles. The van der Waals surface area contributed by atoms with Crippen molar-refractivity contribution in [2.45, 2.75) is 70.3 Å². The molecule has 1 amide bonds. The second-order valence-electron chi connectivity index (χ2n) is 12.0. The zero-order chi connectivity index (χ0) is 31.3. The Kier molecular flexibility index (Phi) is 7.85. The first-order valence-electron chi connectivity index (χ1n) is 15.0. The van der Waals surface area contributed by atoms with Gasteiger partial charge in [0.1, 0.15) is 12.1 Å². The van der Waals surface area contributed by atoms with E-state index in [0.717, 1.165) is 37.8 Å². The maximum absolute atomic E-state index is 14.8. The third kappa shape index (κ3) is 5.31. The second-order valence-corrected chi connectivity index (χ2v) is 12.0. The molecule has 3 aromatic rings. The number of piperazine rings is 1. The molecule has 2 saturated heterocycles. The minimum Gasteiger partial charge on any atom is -0.462 e. The van der Waals surface area contributed by atoms with E-state index in [4.69, 9.17) is 4.74 Å². The van der Waals surface area contributed by atoms with Crippen LogP contribution in [-0.4, -0.2) is 86.6 Å². The summed E-state index contributed by atoms with van der Waals surface area (Å²) in [4.78, 5) is 45.4. The van der Waals surface area contributed by atoms with Crippen molar-refractivity contribution in [3.8, 4) is 11.7 Å². The van der Waals surface area contributed by atoms with Gasteiger partial charge in [-0.3, -0.25) is 14.2 Å². The Morgan fingerprint density at radius 2 is 1.84 bits per heavy atom. The number of ether oxygens (including phenoxy) is 1. The molecule has 234 valence electrons. The van der Waals surface area contributed by atoms with E-state index in [1.54, 1.807) is 11.0 Å². The molecule has 6 rings (SSSR count). The van der Waals surface area contributed by atoms with Crippen LogP contribution in [0.2, 0.25) is 0 Å². The molecule has 0 radical (unpaired) electrons. The quantitative estimate of drug-likeness (QED) is 0.389. The van der Waals surface area contributed by atoms with Gasteiger partial charge in [-0.25, -0.2) is 4.98 Å². The Bertz CT molecular complexity index is 1660. The van der Waals surface area contributed by atoms with Crippen LogP contribution in [0.3, 0.4) is 0 Å². The number of aryl methyl sites for hydroxylation is 1. The van der Waals surface area contributed by atoms with Crippen molar-refractivity contribution >= 4 is 22.8 Å². The topological polar surface area (TPSA) is 96.7 Å². The van der Waals surface area contributed by atoms with Crippen LogP contribution in [0, 0.1) is 0 Å². The van der Waals surface area contributed by atoms with Gasteiger partial charge in [-0.05, 0) is 82.8 Å². The van der Waals surface area contributed by atoms with Crippen molar-refractivity contribution in [3.63, 3.8) is 0 Å². The number of hydrogen-bond donors (Lipinski definition) is 0. The molecule has 2 aliphatic heterocycles. The van der Waals surface area contributed by atoms with Crippen molar-refractivity contribution in [1.29, 1.82) is 0 Å². The lowest BCUT2D eigenvalue weighted by Gasteiger charge is -2.45. The lowest BCUT2D eigenvalue weighted by molar-refractivity contribution is -0.146. The highest BCUT2D eigenvalue weighted by Gasteiger charge is 2.41. The summed E-state index contributed by atoms with van der Waals surface area (Å²) in [6.45, 7) is 9.02. The van der Waals surface area contributed by atoms with E-state index in [1.165, 1.54) is 12.1 Å². The number of amides is 1. The van der Waals surface area contributed by atoms with Gasteiger partial charge < -0.3 is 19.4 Å². The molecule has 0 bridgehead atoms. The van der Waals surface area contributed by atoms with E-state index >= 15 is 0 Å². The monoisotopic (exact) mass is 611 g/mol. The van der Waals surface area contributed by atoms with Crippen molar-refractivity contribution in [1.82, 2.24) is 29.3 Å². The maximum atomic E-state index is 14.8. The van der Waals surface area contributed by atoms with Crippen LogP contribution in [0.4, 0.5) is 19.0 Å². The minimum absolute atomic E-state index is 0.0727. The molecule has 4 heterocycles. The largest absolute Gasteiger partial charge is 0.462 e. The van der Waals surface area contributed by atoms with E-state index in [2.05, 4.69) is 26.4 Å².